The molecule has 0 bridgehead atoms. The molecule has 27 heteroatoms. The Balaban J connectivity index is -0.0000000138. The van der Waals surface area contributed by atoms with E-state index >= 15 is 0 Å². The van der Waals surface area contributed by atoms with Gasteiger partial charge in [-0.3, -0.25) is 38.4 Å². The zero-order valence-corrected chi connectivity index (χ0v) is 77.8. The number of carboxylic acids is 2. The van der Waals surface area contributed by atoms with Crippen LogP contribution in [0, 0.1) is 10.8 Å². The quantitative estimate of drug-likeness (QED) is 0.123. The zero-order valence-electron chi connectivity index (χ0n) is 77.8. The number of ether oxygens (including phenoxy) is 9. The highest BCUT2D eigenvalue weighted by atomic mass is 16.6. The van der Waals surface area contributed by atoms with E-state index in [1.54, 1.807) is 41.5 Å². The molecule has 27 nitrogen and oxygen atoms in total. The van der Waals surface area contributed by atoms with E-state index in [-0.39, 0.29) is 123 Å². The molecule has 0 heterocycles. The van der Waals surface area contributed by atoms with Gasteiger partial charge in [0.2, 0.25) is 0 Å². The van der Waals surface area contributed by atoms with E-state index in [2.05, 4.69) is 42.6 Å². The van der Waals surface area contributed by atoms with Crippen LogP contribution in [0.15, 0.2) is 0 Å². The van der Waals surface area contributed by atoms with Crippen molar-refractivity contribution in [3.8, 4) is 0 Å². The van der Waals surface area contributed by atoms with Gasteiger partial charge in [0.25, 0.3) is 5.97 Å². The molecule has 113 heavy (non-hydrogen) atoms. The standard InChI is InChI=1S/C6H12O2.3C5H8O4.C5H10O2.2C4H8O2.C4H8O.C2H4O2.16C2H6.2CH4O.2CH2O.10CH4/c1-6(2,3)5(7)8-4;3*1-4(6)9-3-5(7)8-2;1-5(2,3)4(6)7;2*1-3-4(5)6-2;1-3-4(2)5;1-2(3)4;20*1-2;;;;;;;;;;/h1-4H3;3*3H2,1-2H3;1-3H3,(H,6,7);2*3H2,1-2H3;3H2,1-2H3;1H3,(H,3,4);16*1-2H3;2*2H,1H3;2*1H2;10*1H4. The minimum Gasteiger partial charge on any atom is -0.481 e. The molecule has 0 aromatic rings. The molecule has 0 aliphatic heterocycles. The minimum absolute atomic E-state index is 0. The Kier molecular flexibility index (Phi) is 834. The van der Waals surface area contributed by atoms with Crippen molar-refractivity contribution in [3.05, 3.63) is 0 Å². The molecule has 0 aromatic carbocycles. The third kappa shape index (κ3) is 770. The zero-order chi connectivity index (χ0) is 92.5. The maximum atomic E-state index is 10.6. The van der Waals surface area contributed by atoms with Gasteiger partial charge in [0.05, 0.1) is 53.5 Å². The second kappa shape index (κ2) is 362. The van der Waals surface area contributed by atoms with Crippen molar-refractivity contribution in [2.75, 3.05) is 76.7 Å². The fraction of sp³-hybridized carbons (Fsp3) is 0.837. The fourth-order valence-electron chi connectivity index (χ4n) is 1.25. The van der Waals surface area contributed by atoms with Gasteiger partial charge in [-0.05, 0) is 48.5 Å². The van der Waals surface area contributed by atoms with Crippen molar-refractivity contribution in [1.82, 2.24) is 0 Å². The maximum absolute atomic E-state index is 10.6. The summed E-state index contributed by atoms with van der Waals surface area (Å²) in [5.74, 6) is -4.93. The second-order valence-corrected chi connectivity index (χ2v) is 12.8. The van der Waals surface area contributed by atoms with Crippen molar-refractivity contribution in [2.45, 2.75) is 412 Å². The molecule has 0 saturated heterocycles. The topological polar surface area (TPSA) is 403 Å². The van der Waals surface area contributed by atoms with Crippen LogP contribution in [0.4, 0.5) is 0 Å². The van der Waals surface area contributed by atoms with Crippen LogP contribution >= 0.6 is 0 Å². The summed E-state index contributed by atoms with van der Waals surface area (Å²) in [4.78, 5) is 136. The van der Waals surface area contributed by atoms with Gasteiger partial charge < -0.3 is 77.4 Å². The predicted octanol–water partition coefficient (Wildman–Crippen LogP) is 25.3. The number of aliphatic hydroxyl groups excluding tert-OH is 2. The van der Waals surface area contributed by atoms with Crippen LogP contribution < -0.4 is 0 Å². The highest BCUT2D eigenvalue weighted by Crippen LogP contribution is 2.13. The first-order chi connectivity index (χ1) is 48.5. The molecule has 0 saturated carbocycles. The summed E-state index contributed by atoms with van der Waals surface area (Å²) in [5.41, 5.74) is -0.936. The summed E-state index contributed by atoms with van der Waals surface area (Å²) >= 11 is 0. The number of esters is 9. The lowest BCUT2D eigenvalue weighted by molar-refractivity contribution is -0.155. The first-order valence-electron chi connectivity index (χ1n) is 35.8. The molecule has 0 aliphatic rings. The Hall–Kier alpha value is -6.90. The largest absolute Gasteiger partial charge is 0.481 e. The van der Waals surface area contributed by atoms with Gasteiger partial charge in [0.1, 0.15) is 19.4 Å². The van der Waals surface area contributed by atoms with Gasteiger partial charge in [-0.25, -0.2) is 14.4 Å². The SMILES string of the molecule is C.C.C.C.C.C.C.C.C.C.C=O.C=O.CC.CC.CC.CC.CC.CC.CC.CC.CC.CC.CC.CC.CC.CC.CC.CC.CC(=O)O.CC(C)(C)C(=O)O.CCC(=O)OC.CCC(=O)OC.CCC(C)=O.CO.CO.COC(=O)C(C)(C)C.COC(=O)COC(C)=O.COC(=O)COC(C)=O.COC(=O)COC(C)=O. The van der Waals surface area contributed by atoms with Crippen LogP contribution in [0.2, 0.25) is 0 Å². The van der Waals surface area contributed by atoms with E-state index in [1.165, 1.54) is 63.4 Å². The van der Waals surface area contributed by atoms with Crippen molar-refractivity contribution in [2.24, 2.45) is 10.8 Å². The van der Waals surface area contributed by atoms with E-state index < -0.39 is 53.2 Å². The van der Waals surface area contributed by atoms with E-state index in [9.17, 15) is 52.7 Å². The highest BCUT2D eigenvalue weighted by molar-refractivity contribution is 5.77. The highest BCUT2D eigenvalue weighted by Gasteiger charge is 2.21. The molecule has 0 unspecified atom stereocenters. The first kappa shape index (κ1) is 260. The van der Waals surface area contributed by atoms with Gasteiger partial charge in [0, 0.05) is 61.2 Å². The molecule has 0 amide bonds. The number of carboxylic acid groups (broad SMARTS) is 2. The number of aliphatic carboxylic acids is 2. The number of Topliss-reactive ketones (excluding diaryl/α,β-unsaturated/α-hetero) is 1. The molecule has 0 atom stereocenters. The van der Waals surface area contributed by atoms with Gasteiger partial charge in [0.15, 0.2) is 19.8 Å². The summed E-state index contributed by atoms with van der Waals surface area (Å²) in [6, 6.07) is 0. The smallest absolute Gasteiger partial charge is 0.344 e. The van der Waals surface area contributed by atoms with E-state index in [4.69, 9.17) is 34.8 Å². The van der Waals surface area contributed by atoms with Crippen LogP contribution in [0.25, 0.3) is 0 Å². The molecule has 0 spiro atoms. The summed E-state index contributed by atoms with van der Waals surface area (Å²) in [6.45, 7) is 89.2. The predicted molar refractivity (Wildman–Crippen MR) is 503 cm³/mol. The fourth-order valence-corrected chi connectivity index (χ4v) is 1.25. The van der Waals surface area contributed by atoms with Gasteiger partial charge in [-0.1, -0.05) is 317 Å². The lowest BCUT2D eigenvalue weighted by Gasteiger charge is -2.13. The first-order valence-corrected chi connectivity index (χ1v) is 35.8. The normalized spacial score (nSPS) is 5.84. The lowest BCUT2D eigenvalue weighted by atomic mass is 9.98. The number of carbonyl (C=O) groups is 14. The third-order valence-electron chi connectivity index (χ3n) is 4.83. The summed E-state index contributed by atoms with van der Waals surface area (Å²) in [5, 5.41) is 29.7. The third-order valence-corrected chi connectivity index (χ3v) is 4.83. The molecular weight excluding hydrogens is 1460 g/mol. The molecule has 0 aliphatic carbocycles. The Labute approximate surface area is 711 Å². The Morgan fingerprint density at radius 3 is 0.389 bits per heavy atom. The molecule has 728 valence electrons. The number of hydrogen-bond acceptors (Lipinski definition) is 25. The Morgan fingerprint density at radius 2 is 0.363 bits per heavy atom. The minimum atomic E-state index is -0.833. The molecule has 4 N–H and O–H groups in total. The molecule has 0 fully saturated rings. The maximum Gasteiger partial charge on any atom is 0.344 e. The number of hydrogen-bond donors (Lipinski definition) is 4. The number of methoxy groups -OCH3 is 6. The van der Waals surface area contributed by atoms with Crippen molar-refractivity contribution in [3.63, 3.8) is 0 Å². The van der Waals surface area contributed by atoms with Crippen LogP contribution in [-0.2, 0) is 110 Å². The van der Waals surface area contributed by atoms with Crippen molar-refractivity contribution < 1.29 is 130 Å². The number of rotatable bonds is 9. The van der Waals surface area contributed by atoms with Crippen LogP contribution in [0.3, 0.4) is 0 Å². The molecular formula is C86H222O27. The van der Waals surface area contributed by atoms with Crippen LogP contribution in [0.5, 0.6) is 0 Å². The van der Waals surface area contributed by atoms with E-state index in [0.717, 1.165) is 21.1 Å². The second-order valence-electron chi connectivity index (χ2n) is 12.8. The monoisotopic (exact) mass is 1690 g/mol. The van der Waals surface area contributed by atoms with Crippen molar-refractivity contribution >= 4 is 85.0 Å². The van der Waals surface area contributed by atoms with E-state index in [0.29, 0.717) is 19.3 Å². The lowest BCUT2D eigenvalue weighted by Crippen LogP contribution is -2.21. The van der Waals surface area contributed by atoms with E-state index in [1.807, 2.05) is 263 Å². The average Bonchev–Trinajstić information content (AvgIpc) is 0.947. The summed E-state index contributed by atoms with van der Waals surface area (Å²) in [7, 11) is 9.84. The molecule has 0 aromatic heterocycles. The Morgan fingerprint density at radius 1 is 0.257 bits per heavy atom. The van der Waals surface area contributed by atoms with Crippen LogP contribution in [0.1, 0.15) is 412 Å². The van der Waals surface area contributed by atoms with Gasteiger partial charge >= 0.3 is 59.7 Å². The summed E-state index contributed by atoms with van der Waals surface area (Å²) in [6.07, 6.45) is 1.60. The van der Waals surface area contributed by atoms with Crippen LogP contribution in [-0.4, -0.2) is 182 Å². The number of ketones is 1. The molecule has 0 rings (SSSR count). The van der Waals surface area contributed by atoms with Gasteiger partial charge in [-0.2, -0.15) is 0 Å². The number of carbonyl (C=O) groups excluding carboxylic acids is 12. The van der Waals surface area contributed by atoms with Gasteiger partial charge in [-0.15, -0.1) is 0 Å². The van der Waals surface area contributed by atoms with Crippen molar-refractivity contribution in [1.29, 1.82) is 0 Å². The summed E-state index contributed by atoms with van der Waals surface area (Å²) < 4.78 is 38.4. The molecule has 0 radical (unpaired) electrons. The number of aliphatic hydroxyl groups is 2. The average molecular weight is 1690 g/mol. The Bertz CT molecular complexity index is 1260.